The molecule has 1 aliphatic carbocycles. The largest absolute Gasteiger partial charge is 0.444 e. The topological polar surface area (TPSA) is 32.8 Å². The summed E-state index contributed by atoms with van der Waals surface area (Å²) in [6.45, 7) is 10.1. The van der Waals surface area contributed by atoms with Crippen LogP contribution in [0.2, 0.25) is 0 Å². The minimum atomic E-state index is -0.392. The molecule has 1 amide bonds. The molecule has 4 heteroatoms. The molecule has 4 nitrogen and oxygen atoms in total. The van der Waals surface area contributed by atoms with E-state index in [-0.39, 0.29) is 6.09 Å². The Morgan fingerprint density at radius 2 is 1.73 bits per heavy atom. The number of fused-ring (bicyclic) bond motifs is 2. The van der Waals surface area contributed by atoms with Crippen molar-refractivity contribution < 1.29 is 9.53 Å². The van der Waals surface area contributed by atoms with Crippen molar-refractivity contribution >= 4 is 6.09 Å². The lowest BCUT2D eigenvalue weighted by molar-refractivity contribution is 0.00588. The Kier molecular flexibility index (Phi) is 4.41. The van der Waals surface area contributed by atoms with Gasteiger partial charge in [0.2, 0.25) is 0 Å². The van der Waals surface area contributed by atoms with Crippen molar-refractivity contribution in [1.29, 1.82) is 0 Å². The molecule has 0 spiro atoms. The predicted molar refractivity (Wildman–Crippen MR) is 87.9 cm³/mol. The van der Waals surface area contributed by atoms with Gasteiger partial charge in [0.05, 0.1) is 0 Å². The fourth-order valence-electron chi connectivity index (χ4n) is 4.57. The van der Waals surface area contributed by atoms with Gasteiger partial charge in [0.15, 0.2) is 0 Å². The first kappa shape index (κ1) is 16.1. The van der Waals surface area contributed by atoms with Crippen molar-refractivity contribution in [2.75, 3.05) is 13.1 Å². The summed E-state index contributed by atoms with van der Waals surface area (Å²) in [4.78, 5) is 17.0. The zero-order valence-electron chi connectivity index (χ0n) is 14.7. The molecule has 22 heavy (non-hydrogen) atoms. The van der Waals surface area contributed by atoms with Crippen molar-refractivity contribution in [2.24, 2.45) is 5.92 Å². The molecule has 3 fully saturated rings. The SMILES string of the molecule is CCC1CCC(N2CC3CC2CN3C(=O)OC(C)(C)C)CC1. The van der Waals surface area contributed by atoms with E-state index in [1.165, 1.54) is 32.1 Å². The summed E-state index contributed by atoms with van der Waals surface area (Å²) in [7, 11) is 0. The molecule has 2 unspecified atom stereocenters. The number of ether oxygens (including phenoxy) is 1. The lowest BCUT2D eigenvalue weighted by Gasteiger charge is -2.41. The van der Waals surface area contributed by atoms with Gasteiger partial charge in [0.1, 0.15) is 5.60 Å². The van der Waals surface area contributed by atoms with Crippen molar-refractivity contribution in [1.82, 2.24) is 9.80 Å². The monoisotopic (exact) mass is 308 g/mol. The van der Waals surface area contributed by atoms with Crippen molar-refractivity contribution in [3.63, 3.8) is 0 Å². The number of nitrogens with zero attached hydrogens (tertiary/aromatic N) is 2. The van der Waals surface area contributed by atoms with Gasteiger partial charge in [-0.05, 0) is 58.8 Å². The smallest absolute Gasteiger partial charge is 0.410 e. The van der Waals surface area contributed by atoms with Gasteiger partial charge in [-0.25, -0.2) is 4.79 Å². The summed E-state index contributed by atoms with van der Waals surface area (Å²) in [6, 6.07) is 1.71. The van der Waals surface area contributed by atoms with Crippen LogP contribution in [0.4, 0.5) is 4.79 Å². The first-order chi connectivity index (χ1) is 10.4. The molecule has 0 aromatic carbocycles. The van der Waals surface area contributed by atoms with Gasteiger partial charge in [-0.2, -0.15) is 0 Å². The molecule has 2 aliphatic heterocycles. The van der Waals surface area contributed by atoms with Gasteiger partial charge in [0, 0.05) is 31.2 Å². The minimum Gasteiger partial charge on any atom is -0.444 e. The Hall–Kier alpha value is -0.770. The van der Waals surface area contributed by atoms with Crippen LogP contribution < -0.4 is 0 Å². The highest BCUT2D eigenvalue weighted by Crippen LogP contribution is 2.38. The van der Waals surface area contributed by atoms with Crippen LogP contribution in [0, 0.1) is 5.92 Å². The van der Waals surface area contributed by atoms with E-state index in [4.69, 9.17) is 4.74 Å². The molecule has 3 aliphatic rings. The maximum Gasteiger partial charge on any atom is 0.410 e. The fourth-order valence-corrected chi connectivity index (χ4v) is 4.57. The van der Waals surface area contributed by atoms with E-state index in [0.29, 0.717) is 12.1 Å². The van der Waals surface area contributed by atoms with Gasteiger partial charge in [-0.3, -0.25) is 4.90 Å². The molecule has 2 heterocycles. The van der Waals surface area contributed by atoms with E-state index >= 15 is 0 Å². The number of piperazine rings is 1. The van der Waals surface area contributed by atoms with Gasteiger partial charge < -0.3 is 9.64 Å². The van der Waals surface area contributed by atoms with E-state index in [0.717, 1.165) is 31.5 Å². The van der Waals surface area contributed by atoms with Crippen LogP contribution >= 0.6 is 0 Å². The van der Waals surface area contributed by atoms with Gasteiger partial charge in [0.25, 0.3) is 0 Å². The van der Waals surface area contributed by atoms with E-state index < -0.39 is 5.60 Å². The Balaban J connectivity index is 1.53. The fraction of sp³-hybridized carbons (Fsp3) is 0.944. The van der Waals surface area contributed by atoms with Gasteiger partial charge in [-0.15, -0.1) is 0 Å². The predicted octanol–water partition coefficient (Wildman–Crippen LogP) is 3.65. The molecular weight excluding hydrogens is 276 g/mol. The first-order valence-corrected chi connectivity index (χ1v) is 9.12. The molecule has 0 N–H and O–H groups in total. The number of carbonyl (C=O) groups excluding carboxylic acids is 1. The summed E-state index contributed by atoms with van der Waals surface area (Å²) in [5.74, 6) is 0.953. The third-order valence-electron chi connectivity index (χ3n) is 5.77. The lowest BCUT2D eigenvalue weighted by Crippen LogP contribution is -2.53. The highest BCUT2D eigenvalue weighted by atomic mass is 16.6. The number of rotatable bonds is 2. The van der Waals surface area contributed by atoms with Gasteiger partial charge in [-0.1, -0.05) is 13.3 Å². The molecule has 2 bridgehead atoms. The normalized spacial score (nSPS) is 35.9. The van der Waals surface area contributed by atoms with Crippen LogP contribution in [0.15, 0.2) is 0 Å². The number of amides is 1. The maximum atomic E-state index is 12.3. The Morgan fingerprint density at radius 3 is 2.23 bits per heavy atom. The number of hydrogen-bond acceptors (Lipinski definition) is 3. The maximum absolute atomic E-state index is 12.3. The highest BCUT2D eigenvalue weighted by molar-refractivity contribution is 5.69. The van der Waals surface area contributed by atoms with Crippen LogP contribution in [0.3, 0.4) is 0 Å². The molecule has 2 atom stereocenters. The standard InChI is InChI=1S/C18H32N2O2/c1-5-13-6-8-14(9-7-13)19-11-16-10-15(19)12-20(16)17(21)22-18(2,3)4/h13-16H,5-12H2,1-4H3. The van der Waals surface area contributed by atoms with Crippen LogP contribution in [0.5, 0.6) is 0 Å². The molecule has 0 radical (unpaired) electrons. The number of carbonyl (C=O) groups is 1. The third-order valence-corrected chi connectivity index (χ3v) is 5.77. The quantitative estimate of drug-likeness (QED) is 0.780. The lowest BCUT2D eigenvalue weighted by atomic mass is 9.83. The summed E-state index contributed by atoms with van der Waals surface area (Å²) >= 11 is 0. The Labute approximate surface area is 135 Å². The van der Waals surface area contributed by atoms with Gasteiger partial charge >= 0.3 is 6.09 Å². The zero-order chi connectivity index (χ0) is 15.9. The molecule has 126 valence electrons. The minimum absolute atomic E-state index is 0.116. The Morgan fingerprint density at radius 1 is 1.05 bits per heavy atom. The van der Waals surface area contributed by atoms with Crippen LogP contribution in [-0.4, -0.2) is 52.7 Å². The summed E-state index contributed by atoms with van der Waals surface area (Å²) in [5, 5.41) is 0. The third kappa shape index (κ3) is 3.27. The van der Waals surface area contributed by atoms with E-state index in [1.54, 1.807) is 0 Å². The van der Waals surface area contributed by atoms with Crippen molar-refractivity contribution in [3.05, 3.63) is 0 Å². The Bertz CT molecular complexity index is 410. The van der Waals surface area contributed by atoms with Crippen molar-refractivity contribution in [3.8, 4) is 0 Å². The number of likely N-dealkylation sites (tertiary alicyclic amines) is 2. The van der Waals surface area contributed by atoms with Crippen LogP contribution in [0.25, 0.3) is 0 Å². The zero-order valence-corrected chi connectivity index (χ0v) is 14.7. The molecular formula is C18H32N2O2. The van der Waals surface area contributed by atoms with E-state index in [2.05, 4.69) is 11.8 Å². The number of hydrogen-bond donors (Lipinski definition) is 0. The molecule has 2 saturated heterocycles. The van der Waals surface area contributed by atoms with E-state index in [9.17, 15) is 4.79 Å². The second-order valence-electron chi connectivity index (χ2n) is 8.46. The molecule has 1 saturated carbocycles. The first-order valence-electron chi connectivity index (χ1n) is 9.12. The second-order valence-corrected chi connectivity index (χ2v) is 8.46. The summed E-state index contributed by atoms with van der Waals surface area (Å²) in [6.07, 6.45) is 7.87. The average Bonchev–Trinajstić information content (AvgIpc) is 3.05. The molecule has 3 rings (SSSR count). The summed E-state index contributed by atoms with van der Waals surface area (Å²) < 4.78 is 5.55. The average molecular weight is 308 g/mol. The molecule has 0 aromatic rings. The van der Waals surface area contributed by atoms with Crippen LogP contribution in [0.1, 0.15) is 66.2 Å². The van der Waals surface area contributed by atoms with Crippen molar-refractivity contribution in [2.45, 2.75) is 89.9 Å². The highest BCUT2D eigenvalue weighted by Gasteiger charge is 2.48. The van der Waals surface area contributed by atoms with E-state index in [1.807, 2.05) is 25.7 Å². The molecule has 0 aromatic heterocycles. The van der Waals surface area contributed by atoms with Crippen LogP contribution in [-0.2, 0) is 4.74 Å². The second kappa shape index (κ2) is 6.03. The summed E-state index contributed by atoms with van der Waals surface area (Å²) in [5.41, 5.74) is -0.392.